The van der Waals surface area contributed by atoms with Crippen LogP contribution in [0.3, 0.4) is 0 Å². The van der Waals surface area contributed by atoms with Gasteiger partial charge in [0.1, 0.15) is 5.75 Å². The van der Waals surface area contributed by atoms with Crippen LogP contribution in [0.2, 0.25) is 0 Å². The van der Waals surface area contributed by atoms with Crippen LogP contribution in [0.25, 0.3) is 6.08 Å². The fraction of sp³-hybridized carbons (Fsp3) is 0.267. The van der Waals surface area contributed by atoms with E-state index in [9.17, 15) is 9.59 Å². The van der Waals surface area contributed by atoms with E-state index in [1.165, 1.54) is 6.92 Å². The van der Waals surface area contributed by atoms with Gasteiger partial charge in [-0.05, 0) is 30.2 Å². The van der Waals surface area contributed by atoms with Crippen LogP contribution in [0.5, 0.6) is 5.75 Å². The SMILES string of the molecule is COc1ccc(/C=C2/CCC(=S)N(C(C)=O)C2=O)cc1. The monoisotopic (exact) mass is 289 g/mol. The highest BCUT2D eigenvalue weighted by Crippen LogP contribution is 2.23. The lowest BCUT2D eigenvalue weighted by Crippen LogP contribution is -2.43. The Morgan fingerprint density at radius 3 is 2.50 bits per heavy atom. The third kappa shape index (κ3) is 2.93. The molecule has 1 aromatic rings. The average Bonchev–Trinajstić information content (AvgIpc) is 2.42. The zero-order valence-corrected chi connectivity index (χ0v) is 12.2. The van der Waals surface area contributed by atoms with Crippen molar-refractivity contribution in [2.75, 3.05) is 7.11 Å². The minimum atomic E-state index is -0.333. The molecular weight excluding hydrogens is 274 g/mol. The molecule has 104 valence electrons. The van der Waals surface area contributed by atoms with E-state index in [1.807, 2.05) is 24.3 Å². The van der Waals surface area contributed by atoms with Crippen molar-refractivity contribution in [2.24, 2.45) is 0 Å². The van der Waals surface area contributed by atoms with Gasteiger partial charge in [-0.25, -0.2) is 4.90 Å². The number of likely N-dealkylation sites (tertiary alicyclic amines) is 1. The number of piperidine rings is 1. The molecule has 0 bridgehead atoms. The van der Waals surface area contributed by atoms with Gasteiger partial charge in [0.05, 0.1) is 12.1 Å². The van der Waals surface area contributed by atoms with Gasteiger partial charge in [0, 0.05) is 18.9 Å². The first kappa shape index (κ1) is 14.4. The fourth-order valence-electron chi connectivity index (χ4n) is 2.07. The molecule has 0 radical (unpaired) electrons. The quantitative estimate of drug-likeness (QED) is 0.620. The first-order valence-electron chi connectivity index (χ1n) is 6.25. The second-order valence-corrected chi connectivity index (χ2v) is 4.97. The molecular formula is C15H15NO3S. The molecule has 0 atom stereocenters. The lowest BCUT2D eigenvalue weighted by atomic mass is 10.0. The zero-order valence-electron chi connectivity index (χ0n) is 11.4. The van der Waals surface area contributed by atoms with Crippen molar-refractivity contribution in [3.8, 4) is 5.75 Å². The van der Waals surface area contributed by atoms with Gasteiger partial charge >= 0.3 is 0 Å². The van der Waals surface area contributed by atoms with Crippen LogP contribution in [0.4, 0.5) is 0 Å². The number of nitrogens with zero attached hydrogens (tertiary/aromatic N) is 1. The number of hydrogen-bond acceptors (Lipinski definition) is 4. The Kier molecular flexibility index (Phi) is 4.29. The van der Waals surface area contributed by atoms with E-state index in [0.717, 1.165) is 16.2 Å². The third-order valence-electron chi connectivity index (χ3n) is 3.11. The Morgan fingerprint density at radius 1 is 1.30 bits per heavy atom. The van der Waals surface area contributed by atoms with E-state index in [2.05, 4.69) is 0 Å². The molecule has 1 aromatic carbocycles. The number of rotatable bonds is 2. The van der Waals surface area contributed by atoms with Crippen LogP contribution in [-0.4, -0.2) is 28.8 Å². The fourth-order valence-corrected chi connectivity index (χ4v) is 2.38. The standard InChI is InChI=1S/C15H15NO3S/c1-10(17)16-14(20)8-5-12(15(16)18)9-11-3-6-13(19-2)7-4-11/h3-4,6-7,9H,5,8H2,1-2H3/b12-9-. The van der Waals surface area contributed by atoms with Gasteiger partial charge in [0.15, 0.2) is 0 Å². The summed E-state index contributed by atoms with van der Waals surface area (Å²) in [6.45, 7) is 1.35. The van der Waals surface area contributed by atoms with Crippen molar-refractivity contribution in [3.05, 3.63) is 35.4 Å². The van der Waals surface area contributed by atoms with Crippen LogP contribution in [-0.2, 0) is 9.59 Å². The number of imide groups is 1. The average molecular weight is 289 g/mol. The Hall–Kier alpha value is -2.01. The summed E-state index contributed by atoms with van der Waals surface area (Å²) in [6, 6.07) is 7.38. The summed E-state index contributed by atoms with van der Waals surface area (Å²) in [7, 11) is 1.60. The number of amides is 2. The highest BCUT2D eigenvalue weighted by molar-refractivity contribution is 7.80. The van der Waals surface area contributed by atoms with E-state index < -0.39 is 0 Å². The molecule has 1 saturated heterocycles. The molecule has 2 rings (SSSR count). The van der Waals surface area contributed by atoms with Gasteiger partial charge in [0.2, 0.25) is 5.91 Å². The van der Waals surface area contributed by atoms with Crippen molar-refractivity contribution in [1.29, 1.82) is 0 Å². The van der Waals surface area contributed by atoms with Crippen LogP contribution in [0.1, 0.15) is 25.3 Å². The minimum Gasteiger partial charge on any atom is -0.497 e. The van der Waals surface area contributed by atoms with Gasteiger partial charge in [0.25, 0.3) is 5.91 Å². The minimum absolute atomic E-state index is 0.315. The highest BCUT2D eigenvalue weighted by Gasteiger charge is 2.30. The molecule has 0 N–H and O–H groups in total. The second-order valence-electron chi connectivity index (χ2n) is 4.50. The Labute approximate surface area is 123 Å². The topological polar surface area (TPSA) is 46.6 Å². The molecule has 0 saturated carbocycles. The molecule has 0 spiro atoms. The van der Waals surface area contributed by atoms with E-state index in [4.69, 9.17) is 17.0 Å². The van der Waals surface area contributed by atoms with Gasteiger partial charge in [-0.1, -0.05) is 24.4 Å². The molecule has 1 fully saturated rings. The smallest absolute Gasteiger partial charge is 0.261 e. The van der Waals surface area contributed by atoms with Gasteiger partial charge in [-0.3, -0.25) is 9.59 Å². The van der Waals surface area contributed by atoms with Gasteiger partial charge in [-0.15, -0.1) is 0 Å². The van der Waals surface area contributed by atoms with E-state index in [-0.39, 0.29) is 11.8 Å². The largest absolute Gasteiger partial charge is 0.497 e. The maximum Gasteiger partial charge on any atom is 0.261 e. The summed E-state index contributed by atoms with van der Waals surface area (Å²) in [4.78, 5) is 25.2. The van der Waals surface area contributed by atoms with Crippen LogP contribution in [0.15, 0.2) is 29.8 Å². The molecule has 0 unspecified atom stereocenters. The molecule has 1 aliphatic heterocycles. The number of carbonyl (C=O) groups excluding carboxylic acids is 2. The number of methoxy groups -OCH3 is 1. The summed E-state index contributed by atoms with van der Waals surface area (Å²) in [5.41, 5.74) is 1.49. The molecule has 1 aliphatic rings. The van der Waals surface area contributed by atoms with Crippen LogP contribution in [0, 0.1) is 0 Å². The molecule has 2 amide bonds. The highest BCUT2D eigenvalue weighted by atomic mass is 32.1. The predicted molar refractivity (Wildman–Crippen MR) is 80.3 cm³/mol. The third-order valence-corrected chi connectivity index (χ3v) is 3.49. The second kappa shape index (κ2) is 5.96. The molecule has 0 aromatic heterocycles. The van der Waals surface area contributed by atoms with Gasteiger partial charge in [-0.2, -0.15) is 0 Å². The lowest BCUT2D eigenvalue weighted by molar-refractivity contribution is -0.136. The van der Waals surface area contributed by atoms with Crippen molar-refractivity contribution in [1.82, 2.24) is 4.90 Å². The first-order chi connectivity index (χ1) is 9.52. The Balaban J connectivity index is 2.27. The first-order valence-corrected chi connectivity index (χ1v) is 6.66. The van der Waals surface area contributed by atoms with E-state index in [0.29, 0.717) is 23.4 Å². The number of thiocarbonyl (C=S) groups is 1. The summed E-state index contributed by atoms with van der Waals surface area (Å²) >= 11 is 5.07. The Morgan fingerprint density at radius 2 is 1.95 bits per heavy atom. The van der Waals surface area contributed by atoms with Crippen molar-refractivity contribution < 1.29 is 14.3 Å². The maximum absolute atomic E-state index is 12.2. The molecule has 4 nitrogen and oxygen atoms in total. The van der Waals surface area contributed by atoms with Crippen LogP contribution < -0.4 is 4.74 Å². The molecule has 1 heterocycles. The number of hydrogen-bond donors (Lipinski definition) is 0. The van der Waals surface area contributed by atoms with E-state index >= 15 is 0 Å². The van der Waals surface area contributed by atoms with Crippen LogP contribution >= 0.6 is 12.2 Å². The summed E-state index contributed by atoms with van der Waals surface area (Å²) in [5, 5.41) is 0. The molecule has 0 aliphatic carbocycles. The van der Waals surface area contributed by atoms with E-state index in [1.54, 1.807) is 13.2 Å². The lowest BCUT2D eigenvalue weighted by Gasteiger charge is -2.26. The van der Waals surface area contributed by atoms with Crippen molar-refractivity contribution in [2.45, 2.75) is 19.8 Å². The summed E-state index contributed by atoms with van der Waals surface area (Å²) in [5.74, 6) is 0.110. The maximum atomic E-state index is 12.2. The zero-order chi connectivity index (χ0) is 14.7. The number of benzene rings is 1. The van der Waals surface area contributed by atoms with Crippen molar-refractivity contribution in [3.63, 3.8) is 0 Å². The van der Waals surface area contributed by atoms with Crippen molar-refractivity contribution >= 4 is 35.1 Å². The summed E-state index contributed by atoms with van der Waals surface area (Å²) < 4.78 is 5.09. The Bertz CT molecular complexity index is 590. The normalized spacial score (nSPS) is 17.5. The molecule has 20 heavy (non-hydrogen) atoms. The number of ether oxygens (including phenoxy) is 1. The summed E-state index contributed by atoms with van der Waals surface area (Å²) in [6.07, 6.45) is 2.90. The molecule has 5 heteroatoms. The predicted octanol–water partition coefficient (Wildman–Crippen LogP) is 2.57. The number of carbonyl (C=O) groups is 2. The van der Waals surface area contributed by atoms with Gasteiger partial charge < -0.3 is 4.74 Å².